The number of carbonyl (C=O) groups excluding carboxylic acids is 1. The van der Waals surface area contributed by atoms with Crippen molar-refractivity contribution in [3.8, 4) is 0 Å². The minimum absolute atomic E-state index is 0.00185. The third-order valence-electron chi connectivity index (χ3n) is 9.70. The Morgan fingerprint density at radius 3 is 2.69 bits per heavy atom. The summed E-state index contributed by atoms with van der Waals surface area (Å²) in [4.78, 5) is 13.8. The fourth-order valence-corrected chi connectivity index (χ4v) is 7.69. The highest BCUT2D eigenvalue weighted by Crippen LogP contribution is 2.46. The highest BCUT2D eigenvalue weighted by molar-refractivity contribution is 5.79. The predicted molar refractivity (Wildman–Crippen MR) is 133 cm³/mol. The Kier molecular flexibility index (Phi) is 7.71. The van der Waals surface area contributed by atoms with E-state index in [0.29, 0.717) is 54.4 Å². The summed E-state index contributed by atoms with van der Waals surface area (Å²) in [5.74, 6) is 3.19. The lowest BCUT2D eigenvalue weighted by Crippen LogP contribution is -2.55. The van der Waals surface area contributed by atoms with Gasteiger partial charge in [0.2, 0.25) is 5.91 Å². The van der Waals surface area contributed by atoms with Crippen LogP contribution in [0.3, 0.4) is 0 Å². The van der Waals surface area contributed by atoms with E-state index in [9.17, 15) is 9.18 Å². The lowest BCUT2D eigenvalue weighted by atomic mass is 9.63. The molecule has 0 radical (unpaired) electrons. The Bertz CT molecular complexity index is 911. The number of oxazole rings is 1. The molecule has 1 aromatic rings. The molecule has 1 amide bonds. The van der Waals surface area contributed by atoms with Crippen LogP contribution in [-0.4, -0.2) is 35.3 Å². The molecular formula is C28H45FN4O2. The third kappa shape index (κ3) is 6.03. The Morgan fingerprint density at radius 1 is 1.17 bits per heavy atom. The number of hydrogen-bond donors (Lipinski definition) is 3. The summed E-state index contributed by atoms with van der Waals surface area (Å²) in [5, 5.41) is 15.3. The molecule has 3 saturated carbocycles. The van der Waals surface area contributed by atoms with Crippen LogP contribution in [0.15, 0.2) is 16.9 Å². The molecule has 4 fully saturated rings. The summed E-state index contributed by atoms with van der Waals surface area (Å²) in [6.45, 7) is 6.31. The van der Waals surface area contributed by atoms with E-state index in [-0.39, 0.29) is 23.6 Å². The molecule has 8 unspecified atom stereocenters. The molecule has 1 saturated heterocycles. The summed E-state index contributed by atoms with van der Waals surface area (Å²) < 4.78 is 21.2. The predicted octanol–water partition coefficient (Wildman–Crippen LogP) is 4.65. The third-order valence-corrected chi connectivity index (χ3v) is 9.70. The first-order chi connectivity index (χ1) is 16.9. The van der Waals surface area contributed by atoms with Gasteiger partial charge in [-0.2, -0.15) is 0 Å². The number of rotatable bonds is 7. The number of nitrogens with zero attached hydrogens (tertiary/aromatic N) is 1. The van der Waals surface area contributed by atoms with E-state index in [2.05, 4.69) is 24.5 Å². The van der Waals surface area contributed by atoms with Gasteiger partial charge in [-0.05, 0) is 106 Å². The molecular weight excluding hydrogens is 443 g/mol. The zero-order valence-electron chi connectivity index (χ0n) is 21.6. The van der Waals surface area contributed by atoms with Crippen molar-refractivity contribution in [2.24, 2.45) is 41.4 Å². The SMILES string of the molecule is CC1CCNC([C@@H](NC(=O)C2CC(Cn3ccoc3=N)CC(C3CCC(F)CC3C)C2)C2CC2)C1. The molecule has 35 heavy (non-hydrogen) atoms. The maximum absolute atomic E-state index is 14.1. The first-order valence-corrected chi connectivity index (χ1v) is 14.2. The summed E-state index contributed by atoms with van der Waals surface area (Å²) in [6, 6.07) is 0.630. The highest BCUT2D eigenvalue weighted by atomic mass is 19.1. The average Bonchev–Trinajstić information content (AvgIpc) is 3.59. The van der Waals surface area contributed by atoms with Gasteiger partial charge in [0.25, 0.3) is 5.68 Å². The van der Waals surface area contributed by atoms with Crippen molar-refractivity contribution in [3.63, 3.8) is 0 Å². The molecule has 196 valence electrons. The smallest absolute Gasteiger partial charge is 0.293 e. The number of aromatic nitrogens is 1. The van der Waals surface area contributed by atoms with Gasteiger partial charge in [-0.3, -0.25) is 14.8 Å². The Morgan fingerprint density at radius 2 is 2.00 bits per heavy atom. The van der Waals surface area contributed by atoms with Crippen molar-refractivity contribution in [1.82, 2.24) is 15.2 Å². The van der Waals surface area contributed by atoms with Crippen LogP contribution in [0.1, 0.15) is 78.1 Å². The zero-order chi connectivity index (χ0) is 24.5. The van der Waals surface area contributed by atoms with E-state index >= 15 is 0 Å². The minimum Gasteiger partial charge on any atom is -0.432 e. The fourth-order valence-electron chi connectivity index (χ4n) is 7.69. The molecule has 1 aliphatic heterocycles. The van der Waals surface area contributed by atoms with Gasteiger partial charge in [0.1, 0.15) is 12.4 Å². The van der Waals surface area contributed by atoms with E-state index in [1.54, 1.807) is 6.26 Å². The maximum atomic E-state index is 14.1. The van der Waals surface area contributed by atoms with Crippen molar-refractivity contribution in [3.05, 3.63) is 18.1 Å². The second-order valence-electron chi connectivity index (χ2n) is 12.5. The van der Waals surface area contributed by atoms with E-state index in [1.807, 2.05) is 10.8 Å². The Labute approximate surface area is 209 Å². The molecule has 3 N–H and O–H groups in total. The fraction of sp³-hybridized carbons (Fsp3) is 0.857. The zero-order valence-corrected chi connectivity index (χ0v) is 21.6. The summed E-state index contributed by atoms with van der Waals surface area (Å²) in [6.07, 6.45) is 12.6. The van der Waals surface area contributed by atoms with Gasteiger partial charge in [-0.1, -0.05) is 13.8 Å². The second-order valence-corrected chi connectivity index (χ2v) is 12.5. The van der Waals surface area contributed by atoms with Gasteiger partial charge in [0, 0.05) is 30.7 Å². The van der Waals surface area contributed by atoms with E-state index in [4.69, 9.17) is 9.83 Å². The van der Waals surface area contributed by atoms with E-state index in [1.165, 1.54) is 19.3 Å². The summed E-state index contributed by atoms with van der Waals surface area (Å²) >= 11 is 0. The van der Waals surface area contributed by atoms with Crippen LogP contribution in [0.2, 0.25) is 0 Å². The van der Waals surface area contributed by atoms with Crippen molar-refractivity contribution in [1.29, 1.82) is 5.41 Å². The minimum atomic E-state index is -0.670. The molecule has 1 aromatic heterocycles. The molecule has 9 atom stereocenters. The van der Waals surface area contributed by atoms with Gasteiger partial charge in [0.05, 0.1) is 0 Å². The number of piperidine rings is 1. The summed E-state index contributed by atoms with van der Waals surface area (Å²) in [5.41, 5.74) is 0.172. The van der Waals surface area contributed by atoms with Crippen LogP contribution in [0.25, 0.3) is 0 Å². The number of amides is 1. The maximum Gasteiger partial charge on any atom is 0.293 e. The summed E-state index contributed by atoms with van der Waals surface area (Å²) in [7, 11) is 0. The van der Waals surface area contributed by atoms with Crippen LogP contribution in [0.5, 0.6) is 0 Å². The largest absolute Gasteiger partial charge is 0.432 e. The van der Waals surface area contributed by atoms with E-state index < -0.39 is 6.17 Å². The average molecular weight is 489 g/mol. The lowest BCUT2D eigenvalue weighted by Gasteiger charge is -2.43. The number of halogens is 1. The number of hydrogen-bond acceptors (Lipinski definition) is 4. The van der Waals surface area contributed by atoms with Gasteiger partial charge in [-0.25, -0.2) is 4.39 Å². The van der Waals surface area contributed by atoms with Crippen LogP contribution in [0, 0.1) is 46.8 Å². The molecule has 7 heteroatoms. The van der Waals surface area contributed by atoms with Crippen LogP contribution >= 0.6 is 0 Å². The Hall–Kier alpha value is -1.63. The van der Waals surface area contributed by atoms with Gasteiger partial charge < -0.3 is 15.1 Å². The first-order valence-electron chi connectivity index (χ1n) is 14.2. The number of nitrogens with one attached hydrogen (secondary N) is 3. The first kappa shape index (κ1) is 25.0. The van der Waals surface area contributed by atoms with Gasteiger partial charge in [0.15, 0.2) is 0 Å². The van der Waals surface area contributed by atoms with Crippen LogP contribution in [-0.2, 0) is 11.3 Å². The quantitative estimate of drug-likeness (QED) is 0.522. The molecule has 0 spiro atoms. The number of carbonyl (C=O) groups is 1. The van der Waals surface area contributed by atoms with Crippen molar-refractivity contribution in [2.75, 3.05) is 6.54 Å². The standard InChI is InChI=1S/C28H45FN4O2/c1-17-7-8-31-25(11-17)26(20-3-4-20)32-27(34)22-14-19(16-33-9-10-35-28(33)30)13-21(15-22)24-6-5-23(29)12-18(24)2/h9-10,17-26,30-31H,3-8,11-16H2,1-2H3,(H,32,34)/t17?,18?,19?,21?,22?,23?,24?,25?,26-/m0/s1. The molecule has 6 nitrogen and oxygen atoms in total. The monoisotopic (exact) mass is 488 g/mol. The number of alkyl halides is 1. The van der Waals surface area contributed by atoms with Crippen LogP contribution < -0.4 is 16.3 Å². The lowest BCUT2D eigenvalue weighted by molar-refractivity contribution is -0.129. The van der Waals surface area contributed by atoms with E-state index in [0.717, 1.165) is 45.2 Å². The van der Waals surface area contributed by atoms with Crippen molar-refractivity contribution < 1.29 is 13.6 Å². The molecule has 3 aliphatic carbocycles. The Balaban J connectivity index is 1.30. The van der Waals surface area contributed by atoms with Crippen molar-refractivity contribution in [2.45, 2.75) is 103 Å². The normalized spacial score (nSPS) is 39.2. The van der Waals surface area contributed by atoms with Crippen LogP contribution in [0.4, 0.5) is 4.39 Å². The second kappa shape index (κ2) is 10.8. The topological polar surface area (TPSA) is 83.0 Å². The molecule has 5 rings (SSSR count). The van der Waals surface area contributed by atoms with Gasteiger partial charge in [-0.15, -0.1) is 0 Å². The molecule has 2 heterocycles. The molecule has 4 aliphatic rings. The van der Waals surface area contributed by atoms with Crippen molar-refractivity contribution >= 4 is 5.91 Å². The molecule has 0 aromatic carbocycles. The molecule has 0 bridgehead atoms. The van der Waals surface area contributed by atoms with Gasteiger partial charge >= 0.3 is 0 Å². The highest BCUT2D eigenvalue weighted by Gasteiger charge is 2.43.